The molecule has 2 aromatic heterocycles. The molecule has 0 radical (unpaired) electrons. The van der Waals surface area contributed by atoms with Crippen molar-refractivity contribution in [2.45, 2.75) is 38.8 Å². The molecule has 0 saturated carbocycles. The van der Waals surface area contributed by atoms with Gasteiger partial charge in [-0.3, -0.25) is 14.3 Å². The first-order valence-electron chi connectivity index (χ1n) is 11.1. The Bertz CT molecular complexity index is 1230. The number of thioether (sulfide) groups is 1. The number of hydrogen-bond acceptors (Lipinski definition) is 5. The van der Waals surface area contributed by atoms with Crippen molar-refractivity contribution in [2.75, 3.05) is 11.1 Å². The Balaban J connectivity index is 1.61. The zero-order chi connectivity index (χ0) is 23.2. The summed E-state index contributed by atoms with van der Waals surface area (Å²) >= 11 is 1.38. The van der Waals surface area contributed by atoms with Gasteiger partial charge in [-0.25, -0.2) is 0 Å². The van der Waals surface area contributed by atoms with E-state index in [1.165, 1.54) is 11.8 Å². The second-order valence-corrected chi connectivity index (χ2v) is 8.61. The number of benzene rings is 2. The summed E-state index contributed by atoms with van der Waals surface area (Å²) in [6, 6.07) is 18.1. The van der Waals surface area contributed by atoms with Crippen LogP contribution < -0.4 is 5.32 Å². The van der Waals surface area contributed by atoms with E-state index in [0.717, 1.165) is 46.5 Å². The van der Waals surface area contributed by atoms with Gasteiger partial charge < -0.3 is 5.32 Å². The standard InChI is InChI=1S/C26H27N5OS/c1-4-19-11-8-12-20(5-2)24(19)28-23(32)17-33-26-30-29-25(21-13-9-15-27-16-21)31(26)22-14-7-6-10-18(22)3/h6-16H,4-5,17H2,1-3H3,(H,28,32). The summed E-state index contributed by atoms with van der Waals surface area (Å²) in [5.74, 6) is 0.876. The lowest BCUT2D eigenvalue weighted by Crippen LogP contribution is -2.17. The van der Waals surface area contributed by atoms with Crippen molar-refractivity contribution >= 4 is 23.4 Å². The lowest BCUT2D eigenvalue weighted by Gasteiger charge is -2.15. The number of nitrogens with one attached hydrogen (secondary N) is 1. The van der Waals surface area contributed by atoms with Gasteiger partial charge in [0.25, 0.3) is 0 Å². The lowest BCUT2D eigenvalue weighted by atomic mass is 10.0. The number of hydrogen-bond donors (Lipinski definition) is 1. The molecule has 6 nitrogen and oxygen atoms in total. The van der Waals surface area contributed by atoms with Crippen LogP contribution in [0, 0.1) is 6.92 Å². The van der Waals surface area contributed by atoms with E-state index in [4.69, 9.17) is 0 Å². The third-order valence-electron chi connectivity index (χ3n) is 5.51. The number of para-hydroxylation sites is 2. The maximum atomic E-state index is 12.9. The summed E-state index contributed by atoms with van der Waals surface area (Å²) in [4.78, 5) is 17.1. The first-order chi connectivity index (χ1) is 16.1. The molecule has 0 atom stereocenters. The van der Waals surface area contributed by atoms with Crippen LogP contribution in [0.5, 0.6) is 0 Å². The van der Waals surface area contributed by atoms with Gasteiger partial charge in [-0.2, -0.15) is 0 Å². The quantitative estimate of drug-likeness (QED) is 0.354. The zero-order valence-electron chi connectivity index (χ0n) is 19.1. The summed E-state index contributed by atoms with van der Waals surface area (Å²) in [6.45, 7) is 6.26. The van der Waals surface area contributed by atoms with E-state index < -0.39 is 0 Å². The van der Waals surface area contributed by atoms with Gasteiger partial charge in [-0.05, 0) is 54.7 Å². The van der Waals surface area contributed by atoms with Crippen molar-refractivity contribution in [3.8, 4) is 17.1 Å². The molecule has 0 aliphatic rings. The van der Waals surface area contributed by atoms with Crippen molar-refractivity contribution in [3.63, 3.8) is 0 Å². The number of aryl methyl sites for hydroxylation is 3. The third-order valence-corrected chi connectivity index (χ3v) is 6.43. The van der Waals surface area contributed by atoms with Crippen LogP contribution in [0.3, 0.4) is 0 Å². The first-order valence-corrected chi connectivity index (χ1v) is 12.1. The highest BCUT2D eigenvalue weighted by molar-refractivity contribution is 7.99. The summed E-state index contributed by atoms with van der Waals surface area (Å²) in [6.07, 6.45) is 5.24. The molecule has 1 amide bonds. The van der Waals surface area contributed by atoms with E-state index in [1.807, 2.05) is 41.0 Å². The number of anilines is 1. The molecular weight excluding hydrogens is 430 g/mol. The number of aromatic nitrogens is 4. The average Bonchev–Trinajstić information content (AvgIpc) is 3.27. The molecular formula is C26H27N5OS. The van der Waals surface area contributed by atoms with Crippen LogP contribution >= 0.6 is 11.8 Å². The van der Waals surface area contributed by atoms with Crippen molar-refractivity contribution in [1.29, 1.82) is 0 Å². The number of pyridine rings is 1. The molecule has 0 spiro atoms. The molecule has 2 aromatic carbocycles. The third kappa shape index (κ3) is 4.98. The highest BCUT2D eigenvalue weighted by Gasteiger charge is 2.19. The summed E-state index contributed by atoms with van der Waals surface area (Å²) in [5.41, 5.74) is 6.18. The van der Waals surface area contributed by atoms with Crippen molar-refractivity contribution in [2.24, 2.45) is 0 Å². The molecule has 4 aromatic rings. The van der Waals surface area contributed by atoms with E-state index >= 15 is 0 Å². The van der Waals surface area contributed by atoms with E-state index in [-0.39, 0.29) is 11.7 Å². The largest absolute Gasteiger partial charge is 0.325 e. The first kappa shape index (κ1) is 22.7. The molecule has 33 heavy (non-hydrogen) atoms. The Labute approximate surface area is 198 Å². The summed E-state index contributed by atoms with van der Waals surface area (Å²) in [7, 11) is 0. The Morgan fingerprint density at radius 1 is 0.970 bits per heavy atom. The average molecular weight is 458 g/mol. The van der Waals surface area contributed by atoms with Crippen LogP contribution in [0.15, 0.2) is 72.1 Å². The van der Waals surface area contributed by atoms with Gasteiger partial charge in [0.2, 0.25) is 5.91 Å². The van der Waals surface area contributed by atoms with Gasteiger partial charge in [-0.1, -0.05) is 62.0 Å². The van der Waals surface area contributed by atoms with Gasteiger partial charge in [0.1, 0.15) is 0 Å². The van der Waals surface area contributed by atoms with Gasteiger partial charge in [0.15, 0.2) is 11.0 Å². The van der Waals surface area contributed by atoms with Crippen LogP contribution in [0.1, 0.15) is 30.5 Å². The molecule has 168 valence electrons. The van der Waals surface area contributed by atoms with Crippen LogP contribution in [0.4, 0.5) is 5.69 Å². The lowest BCUT2D eigenvalue weighted by molar-refractivity contribution is -0.113. The molecule has 0 unspecified atom stereocenters. The molecule has 0 aliphatic heterocycles. The highest BCUT2D eigenvalue weighted by Crippen LogP contribution is 2.29. The minimum Gasteiger partial charge on any atom is -0.325 e. The second-order valence-electron chi connectivity index (χ2n) is 7.66. The Morgan fingerprint density at radius 3 is 2.39 bits per heavy atom. The SMILES string of the molecule is CCc1cccc(CC)c1NC(=O)CSc1nnc(-c2cccnc2)n1-c1ccccc1C. The number of amides is 1. The predicted molar refractivity (Wildman–Crippen MR) is 134 cm³/mol. The van der Waals surface area contributed by atoms with Gasteiger partial charge in [0.05, 0.1) is 11.4 Å². The number of nitrogens with zero attached hydrogens (tertiary/aromatic N) is 4. The van der Waals surface area contributed by atoms with Gasteiger partial charge in [-0.15, -0.1) is 10.2 Å². The van der Waals surface area contributed by atoms with Crippen molar-refractivity contribution < 1.29 is 4.79 Å². The minimum absolute atomic E-state index is 0.0575. The summed E-state index contributed by atoms with van der Waals surface area (Å²) in [5, 5.41) is 12.7. The van der Waals surface area contributed by atoms with Gasteiger partial charge in [0, 0.05) is 23.6 Å². The van der Waals surface area contributed by atoms with Gasteiger partial charge >= 0.3 is 0 Å². The predicted octanol–water partition coefficient (Wildman–Crippen LogP) is 5.49. The molecule has 4 rings (SSSR count). The normalized spacial score (nSPS) is 10.9. The molecule has 1 N–H and O–H groups in total. The van der Waals surface area contributed by atoms with Crippen LogP contribution in [0.25, 0.3) is 17.1 Å². The van der Waals surface area contributed by atoms with Crippen LogP contribution in [0.2, 0.25) is 0 Å². The highest BCUT2D eigenvalue weighted by atomic mass is 32.2. The zero-order valence-corrected chi connectivity index (χ0v) is 19.9. The molecule has 2 heterocycles. The number of carbonyl (C=O) groups is 1. The van der Waals surface area contributed by atoms with E-state index in [1.54, 1.807) is 12.4 Å². The fraction of sp³-hybridized carbons (Fsp3) is 0.231. The minimum atomic E-state index is -0.0575. The van der Waals surface area contributed by atoms with E-state index in [2.05, 4.69) is 59.5 Å². The topological polar surface area (TPSA) is 72.7 Å². The Kier molecular flexibility index (Phi) is 7.19. The number of carbonyl (C=O) groups excluding carboxylic acids is 1. The summed E-state index contributed by atoms with van der Waals surface area (Å²) < 4.78 is 2.00. The molecule has 0 aliphatic carbocycles. The molecule has 0 fully saturated rings. The number of rotatable bonds is 8. The van der Waals surface area contributed by atoms with Crippen molar-refractivity contribution in [3.05, 3.63) is 83.7 Å². The molecule has 0 bridgehead atoms. The Morgan fingerprint density at radius 2 is 1.73 bits per heavy atom. The fourth-order valence-electron chi connectivity index (χ4n) is 3.79. The van der Waals surface area contributed by atoms with Crippen LogP contribution in [-0.2, 0) is 17.6 Å². The molecule has 0 saturated heterocycles. The van der Waals surface area contributed by atoms with Crippen LogP contribution in [-0.4, -0.2) is 31.4 Å². The Hall–Kier alpha value is -3.45. The fourth-order valence-corrected chi connectivity index (χ4v) is 4.53. The monoisotopic (exact) mass is 457 g/mol. The maximum Gasteiger partial charge on any atom is 0.234 e. The van der Waals surface area contributed by atoms with E-state index in [9.17, 15) is 4.79 Å². The second kappa shape index (κ2) is 10.4. The van der Waals surface area contributed by atoms with Crippen molar-refractivity contribution in [1.82, 2.24) is 19.7 Å². The molecule has 7 heteroatoms. The smallest absolute Gasteiger partial charge is 0.234 e. The van der Waals surface area contributed by atoms with E-state index in [0.29, 0.717) is 11.0 Å². The maximum absolute atomic E-state index is 12.9.